The SMILES string of the molecule is NCc1cc(Br)ccc1OC/C=C/c1ccccc1. The Bertz CT molecular complexity index is 552. The Labute approximate surface area is 122 Å². The highest BCUT2D eigenvalue weighted by molar-refractivity contribution is 9.10. The van der Waals surface area contributed by atoms with Crippen molar-refractivity contribution in [2.24, 2.45) is 5.73 Å². The lowest BCUT2D eigenvalue weighted by molar-refractivity contribution is 0.359. The number of hydrogen-bond acceptors (Lipinski definition) is 2. The van der Waals surface area contributed by atoms with Crippen LogP contribution < -0.4 is 10.5 Å². The first kappa shape index (κ1) is 13.8. The molecule has 2 aromatic rings. The van der Waals surface area contributed by atoms with Crippen LogP contribution in [0.5, 0.6) is 5.75 Å². The zero-order valence-electron chi connectivity index (χ0n) is 10.6. The molecule has 0 amide bonds. The van der Waals surface area contributed by atoms with Crippen molar-refractivity contribution in [1.29, 1.82) is 0 Å². The first-order chi connectivity index (χ1) is 9.29. The van der Waals surface area contributed by atoms with E-state index in [1.807, 2.05) is 48.6 Å². The molecule has 19 heavy (non-hydrogen) atoms. The van der Waals surface area contributed by atoms with Gasteiger partial charge in [0.25, 0.3) is 0 Å². The Hall–Kier alpha value is -1.58. The third kappa shape index (κ3) is 4.23. The molecule has 2 rings (SSSR count). The van der Waals surface area contributed by atoms with Gasteiger partial charge in [0.1, 0.15) is 12.4 Å². The van der Waals surface area contributed by atoms with E-state index in [-0.39, 0.29) is 0 Å². The van der Waals surface area contributed by atoms with Crippen LogP contribution >= 0.6 is 15.9 Å². The molecule has 3 heteroatoms. The van der Waals surface area contributed by atoms with E-state index in [2.05, 4.69) is 28.1 Å². The Morgan fingerprint density at radius 2 is 1.89 bits per heavy atom. The molecule has 0 bridgehead atoms. The molecule has 0 heterocycles. The fraction of sp³-hybridized carbons (Fsp3) is 0.125. The average molecular weight is 318 g/mol. The molecule has 0 aliphatic carbocycles. The van der Waals surface area contributed by atoms with E-state index in [0.29, 0.717) is 13.2 Å². The van der Waals surface area contributed by atoms with Gasteiger partial charge in [0.15, 0.2) is 0 Å². The fourth-order valence-electron chi connectivity index (χ4n) is 1.73. The normalized spacial score (nSPS) is 10.8. The zero-order chi connectivity index (χ0) is 13.5. The van der Waals surface area contributed by atoms with Gasteiger partial charge in [-0.05, 0) is 29.8 Å². The van der Waals surface area contributed by atoms with Crippen LogP contribution in [0.1, 0.15) is 11.1 Å². The monoisotopic (exact) mass is 317 g/mol. The molecule has 98 valence electrons. The summed E-state index contributed by atoms with van der Waals surface area (Å²) >= 11 is 3.42. The molecule has 0 saturated heterocycles. The van der Waals surface area contributed by atoms with E-state index in [1.54, 1.807) is 0 Å². The smallest absolute Gasteiger partial charge is 0.124 e. The van der Waals surface area contributed by atoms with Crippen molar-refractivity contribution >= 4 is 22.0 Å². The van der Waals surface area contributed by atoms with Gasteiger partial charge in [0, 0.05) is 16.6 Å². The number of ether oxygens (including phenoxy) is 1. The molecule has 0 fully saturated rings. The lowest BCUT2D eigenvalue weighted by Crippen LogP contribution is -2.02. The minimum Gasteiger partial charge on any atom is -0.489 e. The van der Waals surface area contributed by atoms with Crippen molar-refractivity contribution in [3.05, 3.63) is 70.2 Å². The Morgan fingerprint density at radius 3 is 2.63 bits per heavy atom. The van der Waals surface area contributed by atoms with E-state index < -0.39 is 0 Å². The predicted octanol–water partition coefficient (Wildman–Crippen LogP) is 4.00. The summed E-state index contributed by atoms with van der Waals surface area (Å²) in [6.07, 6.45) is 4.04. The molecule has 2 nitrogen and oxygen atoms in total. The van der Waals surface area contributed by atoms with Gasteiger partial charge in [-0.1, -0.05) is 52.3 Å². The van der Waals surface area contributed by atoms with Crippen LogP contribution in [-0.2, 0) is 6.54 Å². The molecular weight excluding hydrogens is 302 g/mol. The van der Waals surface area contributed by atoms with Crippen molar-refractivity contribution in [3.63, 3.8) is 0 Å². The molecule has 0 aliphatic heterocycles. The number of benzene rings is 2. The molecule has 0 saturated carbocycles. The zero-order valence-corrected chi connectivity index (χ0v) is 12.1. The summed E-state index contributed by atoms with van der Waals surface area (Å²) in [5, 5.41) is 0. The van der Waals surface area contributed by atoms with Crippen LogP contribution in [0, 0.1) is 0 Å². The lowest BCUT2D eigenvalue weighted by atomic mass is 10.2. The topological polar surface area (TPSA) is 35.2 Å². The largest absolute Gasteiger partial charge is 0.489 e. The standard InChI is InChI=1S/C16H16BrNO/c17-15-8-9-16(14(11-15)12-18)19-10-4-7-13-5-2-1-3-6-13/h1-9,11H,10,12,18H2/b7-4+. The minimum absolute atomic E-state index is 0.469. The van der Waals surface area contributed by atoms with Crippen molar-refractivity contribution in [1.82, 2.24) is 0 Å². The van der Waals surface area contributed by atoms with Gasteiger partial charge in [-0.25, -0.2) is 0 Å². The second kappa shape index (κ2) is 7.12. The van der Waals surface area contributed by atoms with Crippen LogP contribution in [0.2, 0.25) is 0 Å². The van der Waals surface area contributed by atoms with Crippen LogP contribution in [0.25, 0.3) is 6.08 Å². The van der Waals surface area contributed by atoms with E-state index >= 15 is 0 Å². The van der Waals surface area contributed by atoms with Crippen LogP contribution in [0.4, 0.5) is 0 Å². The van der Waals surface area contributed by atoms with Gasteiger partial charge < -0.3 is 10.5 Å². The number of halogens is 1. The van der Waals surface area contributed by atoms with Crippen molar-refractivity contribution in [2.45, 2.75) is 6.54 Å². The molecular formula is C16H16BrNO. The third-order valence-corrected chi connectivity index (χ3v) is 3.18. The number of hydrogen-bond donors (Lipinski definition) is 1. The molecule has 0 spiro atoms. The summed E-state index contributed by atoms with van der Waals surface area (Å²) in [5.41, 5.74) is 7.87. The first-order valence-electron chi connectivity index (χ1n) is 6.12. The summed E-state index contributed by atoms with van der Waals surface area (Å²) in [6.45, 7) is 1.00. The summed E-state index contributed by atoms with van der Waals surface area (Å²) in [6, 6.07) is 16.0. The van der Waals surface area contributed by atoms with Gasteiger partial charge in [0.05, 0.1) is 0 Å². The molecule has 0 atom stereocenters. The maximum atomic E-state index is 5.72. The number of rotatable bonds is 5. The third-order valence-electron chi connectivity index (χ3n) is 2.69. The van der Waals surface area contributed by atoms with Gasteiger partial charge in [-0.15, -0.1) is 0 Å². The van der Waals surface area contributed by atoms with E-state index in [0.717, 1.165) is 15.8 Å². The van der Waals surface area contributed by atoms with E-state index in [4.69, 9.17) is 10.5 Å². The maximum Gasteiger partial charge on any atom is 0.124 e. The minimum atomic E-state index is 0.469. The van der Waals surface area contributed by atoms with Crippen molar-refractivity contribution < 1.29 is 4.74 Å². The second-order valence-corrected chi connectivity index (χ2v) is 5.00. The average Bonchev–Trinajstić information content (AvgIpc) is 2.46. The highest BCUT2D eigenvalue weighted by Crippen LogP contribution is 2.22. The van der Waals surface area contributed by atoms with Gasteiger partial charge in [-0.3, -0.25) is 0 Å². The highest BCUT2D eigenvalue weighted by atomic mass is 79.9. The number of nitrogens with two attached hydrogens (primary N) is 1. The second-order valence-electron chi connectivity index (χ2n) is 4.08. The Morgan fingerprint density at radius 1 is 1.11 bits per heavy atom. The van der Waals surface area contributed by atoms with Crippen LogP contribution in [-0.4, -0.2) is 6.61 Å². The molecule has 0 radical (unpaired) electrons. The van der Waals surface area contributed by atoms with Gasteiger partial charge in [-0.2, -0.15) is 0 Å². The highest BCUT2D eigenvalue weighted by Gasteiger charge is 2.01. The van der Waals surface area contributed by atoms with Crippen LogP contribution in [0.15, 0.2) is 59.1 Å². The first-order valence-corrected chi connectivity index (χ1v) is 6.92. The summed E-state index contributed by atoms with van der Waals surface area (Å²) < 4.78 is 6.73. The van der Waals surface area contributed by atoms with Crippen LogP contribution in [0.3, 0.4) is 0 Å². The summed E-state index contributed by atoms with van der Waals surface area (Å²) in [4.78, 5) is 0. The van der Waals surface area contributed by atoms with Crippen molar-refractivity contribution in [2.75, 3.05) is 6.61 Å². The maximum absolute atomic E-state index is 5.72. The quantitative estimate of drug-likeness (QED) is 0.904. The fourth-order valence-corrected chi connectivity index (χ4v) is 2.14. The summed E-state index contributed by atoms with van der Waals surface area (Å²) in [7, 11) is 0. The Kier molecular flexibility index (Phi) is 5.19. The lowest BCUT2D eigenvalue weighted by Gasteiger charge is -2.08. The molecule has 0 unspecified atom stereocenters. The van der Waals surface area contributed by atoms with E-state index in [1.165, 1.54) is 5.56 Å². The summed E-state index contributed by atoms with van der Waals surface area (Å²) in [5.74, 6) is 0.836. The molecule has 2 aromatic carbocycles. The predicted molar refractivity (Wildman–Crippen MR) is 83.0 cm³/mol. The van der Waals surface area contributed by atoms with E-state index in [9.17, 15) is 0 Å². The molecule has 0 aromatic heterocycles. The van der Waals surface area contributed by atoms with Gasteiger partial charge in [0.2, 0.25) is 0 Å². The molecule has 0 aliphatic rings. The van der Waals surface area contributed by atoms with Crippen molar-refractivity contribution in [3.8, 4) is 5.75 Å². The molecule has 2 N–H and O–H groups in total. The Balaban J connectivity index is 1.94. The van der Waals surface area contributed by atoms with Gasteiger partial charge >= 0.3 is 0 Å².